The molecule has 1 aliphatic rings. The van der Waals surface area contributed by atoms with E-state index in [-0.39, 0.29) is 53.6 Å². The Morgan fingerprint density at radius 1 is 1.37 bits per heavy atom. The van der Waals surface area contributed by atoms with Gasteiger partial charge in [0.25, 0.3) is 15.9 Å². The number of carbonyl (C=O) groups is 2. The lowest BCUT2D eigenvalue weighted by atomic mass is 9.99. The van der Waals surface area contributed by atoms with Crippen molar-refractivity contribution in [3.63, 3.8) is 0 Å². The zero-order valence-corrected chi connectivity index (χ0v) is 22.7. The monoisotopic (exact) mass is 563 g/mol. The van der Waals surface area contributed by atoms with E-state index in [1.165, 1.54) is 28.4 Å². The average Bonchev–Trinajstić information content (AvgIpc) is 3.61. The molecule has 0 saturated carbocycles. The second-order valence-electron chi connectivity index (χ2n) is 9.11. The van der Waals surface area contributed by atoms with Crippen LogP contribution in [0.25, 0.3) is 0 Å². The molecule has 0 bridgehead atoms. The quantitative estimate of drug-likeness (QED) is 0.386. The van der Waals surface area contributed by atoms with Gasteiger partial charge in [0.1, 0.15) is 28.9 Å². The number of aliphatic hydroxyl groups is 1. The van der Waals surface area contributed by atoms with Gasteiger partial charge in [-0.1, -0.05) is 13.0 Å². The SMILES string of the molecule is C[C@H](CO)N1C[C@H](C)[C@@H](CN(C)S(=O)(=O)c2cccs2)Oc2ccc(NC(=O)Cn3cnnn3)cc2C1=O. The molecule has 1 aliphatic heterocycles. The molecule has 2 N–H and O–H groups in total. The summed E-state index contributed by atoms with van der Waals surface area (Å²) in [6, 6.07) is 7.40. The summed E-state index contributed by atoms with van der Waals surface area (Å²) in [5.74, 6) is -0.785. The third-order valence-corrected chi connectivity index (χ3v) is 9.44. The minimum Gasteiger partial charge on any atom is -0.488 e. The lowest BCUT2D eigenvalue weighted by Crippen LogP contribution is -2.50. The van der Waals surface area contributed by atoms with Gasteiger partial charge in [-0.05, 0) is 47.0 Å². The van der Waals surface area contributed by atoms with E-state index < -0.39 is 28.1 Å². The van der Waals surface area contributed by atoms with Crippen molar-refractivity contribution in [1.29, 1.82) is 0 Å². The maximum atomic E-state index is 13.6. The summed E-state index contributed by atoms with van der Waals surface area (Å²) < 4.78 is 35.1. The molecule has 15 heteroatoms. The second kappa shape index (κ2) is 11.6. The second-order valence-corrected chi connectivity index (χ2v) is 12.3. The Kier molecular flexibility index (Phi) is 8.40. The van der Waals surface area contributed by atoms with E-state index in [1.807, 2.05) is 6.92 Å². The third kappa shape index (κ3) is 6.01. The van der Waals surface area contributed by atoms with Gasteiger partial charge in [0.15, 0.2) is 0 Å². The number of tetrazole rings is 1. The van der Waals surface area contributed by atoms with Crippen molar-refractivity contribution in [2.75, 3.05) is 32.1 Å². The van der Waals surface area contributed by atoms with Gasteiger partial charge in [-0.3, -0.25) is 9.59 Å². The number of sulfonamides is 1. The first-order chi connectivity index (χ1) is 18.1. The average molecular weight is 564 g/mol. The first-order valence-corrected chi connectivity index (χ1v) is 14.1. The van der Waals surface area contributed by atoms with Crippen molar-refractivity contribution in [1.82, 2.24) is 29.4 Å². The van der Waals surface area contributed by atoms with Gasteiger partial charge >= 0.3 is 0 Å². The number of carbonyl (C=O) groups excluding carboxylic acids is 2. The molecule has 2 aromatic heterocycles. The number of fused-ring (bicyclic) bond motifs is 1. The fraction of sp³-hybridized carbons (Fsp3) is 0.435. The molecular formula is C23H29N7O6S2. The van der Waals surface area contributed by atoms with E-state index in [0.29, 0.717) is 5.69 Å². The number of aliphatic hydroxyl groups excluding tert-OH is 1. The predicted molar refractivity (Wildman–Crippen MR) is 138 cm³/mol. The van der Waals surface area contributed by atoms with Crippen molar-refractivity contribution < 1.29 is 27.9 Å². The van der Waals surface area contributed by atoms with Crippen LogP contribution < -0.4 is 10.1 Å². The number of ether oxygens (including phenoxy) is 1. The molecule has 0 spiro atoms. The molecule has 13 nitrogen and oxygen atoms in total. The number of hydrogen-bond donors (Lipinski definition) is 2. The topological polar surface area (TPSA) is 160 Å². The van der Waals surface area contributed by atoms with Crippen LogP contribution in [0, 0.1) is 5.92 Å². The molecule has 204 valence electrons. The van der Waals surface area contributed by atoms with Gasteiger partial charge in [-0.15, -0.1) is 16.4 Å². The molecule has 0 saturated heterocycles. The van der Waals surface area contributed by atoms with Crippen LogP contribution >= 0.6 is 11.3 Å². The first-order valence-electron chi connectivity index (χ1n) is 11.8. The standard InChI is InChI=1S/C23H29N7O6S2/c1-15-10-30(16(2)13-31)23(33)18-9-17(25-21(32)12-29-14-24-26-27-29)6-7-19(18)36-20(15)11-28(3)38(34,35)22-5-4-8-37-22/h4-9,14-16,20,31H,10-13H2,1-3H3,(H,25,32)/t15-,16+,20+/m0/s1. The number of hydrogen-bond acceptors (Lipinski definition) is 10. The maximum Gasteiger partial charge on any atom is 0.258 e. The van der Waals surface area contributed by atoms with Crippen LogP contribution in [0.2, 0.25) is 0 Å². The Morgan fingerprint density at radius 3 is 2.82 bits per heavy atom. The fourth-order valence-corrected chi connectivity index (χ4v) is 6.42. The van der Waals surface area contributed by atoms with Crippen LogP contribution in [0.3, 0.4) is 0 Å². The van der Waals surface area contributed by atoms with Crippen LogP contribution in [-0.2, 0) is 21.4 Å². The van der Waals surface area contributed by atoms with Crippen LogP contribution in [-0.4, -0.2) is 93.6 Å². The predicted octanol–water partition coefficient (Wildman–Crippen LogP) is 0.914. The van der Waals surface area contributed by atoms with Gasteiger partial charge in [-0.25, -0.2) is 13.1 Å². The third-order valence-electron chi connectivity index (χ3n) is 6.24. The molecule has 0 aliphatic carbocycles. The van der Waals surface area contributed by atoms with Gasteiger partial charge < -0.3 is 20.1 Å². The lowest BCUT2D eigenvalue weighted by molar-refractivity contribution is -0.116. The van der Waals surface area contributed by atoms with Crippen molar-refractivity contribution in [3.05, 3.63) is 47.6 Å². The Labute approximate surface area is 224 Å². The van der Waals surface area contributed by atoms with Crippen LogP contribution in [0.4, 0.5) is 5.69 Å². The maximum absolute atomic E-state index is 13.6. The number of benzene rings is 1. The van der Waals surface area contributed by atoms with Crippen molar-refractivity contribution in [2.45, 2.75) is 36.7 Å². The zero-order chi connectivity index (χ0) is 27.4. The van der Waals surface area contributed by atoms with E-state index in [2.05, 4.69) is 20.8 Å². The molecule has 3 heterocycles. The highest BCUT2D eigenvalue weighted by molar-refractivity contribution is 7.91. The molecule has 0 fully saturated rings. The smallest absolute Gasteiger partial charge is 0.258 e. The van der Waals surface area contributed by atoms with E-state index in [0.717, 1.165) is 11.3 Å². The number of amides is 2. The summed E-state index contributed by atoms with van der Waals surface area (Å²) in [6.45, 7) is 3.50. The highest BCUT2D eigenvalue weighted by Gasteiger charge is 2.35. The number of anilines is 1. The number of nitrogens with zero attached hydrogens (tertiary/aromatic N) is 6. The largest absolute Gasteiger partial charge is 0.488 e. The summed E-state index contributed by atoms with van der Waals surface area (Å²) in [5.41, 5.74) is 0.545. The Bertz CT molecular complexity index is 1360. The molecule has 2 amide bonds. The van der Waals surface area contributed by atoms with Crippen LogP contribution in [0.5, 0.6) is 5.75 Å². The van der Waals surface area contributed by atoms with Gasteiger partial charge in [-0.2, -0.15) is 4.31 Å². The molecule has 3 atom stereocenters. The van der Waals surface area contributed by atoms with Crippen molar-refractivity contribution >= 4 is 38.9 Å². The summed E-state index contributed by atoms with van der Waals surface area (Å²) in [5, 5.41) is 24.9. The minimum absolute atomic E-state index is 0.0425. The van der Waals surface area contributed by atoms with Crippen molar-refractivity contribution in [3.8, 4) is 5.75 Å². The lowest BCUT2D eigenvalue weighted by Gasteiger charge is -2.38. The number of aromatic nitrogens is 4. The molecule has 3 aromatic rings. The summed E-state index contributed by atoms with van der Waals surface area (Å²) in [6.07, 6.45) is 0.707. The van der Waals surface area contributed by atoms with Crippen LogP contribution in [0.1, 0.15) is 24.2 Å². The normalized spacial score (nSPS) is 18.9. The zero-order valence-electron chi connectivity index (χ0n) is 21.1. The van der Waals surface area contributed by atoms with E-state index in [4.69, 9.17) is 4.74 Å². The number of rotatable bonds is 9. The number of nitrogens with one attached hydrogen (secondary N) is 1. The summed E-state index contributed by atoms with van der Waals surface area (Å²) >= 11 is 1.13. The molecule has 0 radical (unpaired) electrons. The molecular weight excluding hydrogens is 534 g/mol. The van der Waals surface area contributed by atoms with Gasteiger partial charge in [0.05, 0.1) is 24.8 Å². The Morgan fingerprint density at radius 2 is 2.16 bits per heavy atom. The number of likely N-dealkylation sites (N-methyl/N-ethyl adjacent to an activating group) is 1. The summed E-state index contributed by atoms with van der Waals surface area (Å²) in [7, 11) is -2.22. The highest BCUT2D eigenvalue weighted by atomic mass is 32.2. The number of thiophene rings is 1. The molecule has 0 unspecified atom stereocenters. The van der Waals surface area contributed by atoms with Gasteiger partial charge in [0.2, 0.25) is 5.91 Å². The van der Waals surface area contributed by atoms with E-state index >= 15 is 0 Å². The van der Waals surface area contributed by atoms with Crippen LogP contribution in [0.15, 0.2) is 46.2 Å². The first kappa shape index (κ1) is 27.6. The van der Waals surface area contributed by atoms with E-state index in [1.54, 1.807) is 41.5 Å². The molecule has 1 aromatic carbocycles. The Hall–Kier alpha value is -3.40. The summed E-state index contributed by atoms with van der Waals surface area (Å²) in [4.78, 5) is 27.5. The van der Waals surface area contributed by atoms with E-state index in [9.17, 15) is 23.1 Å². The highest BCUT2D eigenvalue weighted by Crippen LogP contribution is 2.31. The fourth-order valence-electron chi connectivity index (χ4n) is 4.03. The molecule has 38 heavy (non-hydrogen) atoms. The van der Waals surface area contributed by atoms with Crippen molar-refractivity contribution in [2.24, 2.45) is 5.92 Å². The minimum atomic E-state index is -3.72. The molecule has 4 rings (SSSR count). The van der Waals surface area contributed by atoms with Gasteiger partial charge in [0, 0.05) is 25.2 Å². The Balaban J connectivity index is 1.62.